The summed E-state index contributed by atoms with van der Waals surface area (Å²) in [5.74, 6) is 0. The van der Waals surface area contributed by atoms with Crippen molar-refractivity contribution in [2.24, 2.45) is 0 Å². The second-order valence-electron chi connectivity index (χ2n) is 3.47. The molecule has 0 radical (unpaired) electrons. The first-order valence-corrected chi connectivity index (χ1v) is 11.3. The summed E-state index contributed by atoms with van der Waals surface area (Å²) in [7, 11) is -5.46. The van der Waals surface area contributed by atoms with Gasteiger partial charge in [-0.05, 0) is 26.2 Å². The summed E-state index contributed by atoms with van der Waals surface area (Å²) in [5, 5.41) is 0. The van der Waals surface area contributed by atoms with Gasteiger partial charge in [0.1, 0.15) is 0 Å². The lowest BCUT2D eigenvalue weighted by Gasteiger charge is -2.23. The van der Waals surface area contributed by atoms with Crippen molar-refractivity contribution in [1.29, 1.82) is 0 Å². The van der Waals surface area contributed by atoms with E-state index in [1.54, 1.807) is 0 Å². The average molecular weight is 196 g/mol. The van der Waals surface area contributed by atoms with E-state index in [-0.39, 0.29) is 0 Å². The summed E-state index contributed by atoms with van der Waals surface area (Å²) in [6.45, 7) is 8.31. The maximum Gasteiger partial charge on any atom is 0.299 e. The molecule has 1 rings (SSSR count). The zero-order valence-electron chi connectivity index (χ0n) is 6.72. The molecule has 1 aliphatic rings. The van der Waals surface area contributed by atoms with Gasteiger partial charge in [0, 0.05) is 0 Å². The maximum atomic E-state index is 10.9. The minimum absolute atomic E-state index is 1.68. The highest BCUT2D eigenvalue weighted by Gasteiger charge is 2.53. The third kappa shape index (κ3) is 1.29. The van der Waals surface area contributed by atoms with Gasteiger partial charge in [0.25, 0.3) is 8.25 Å². The molecular formula is C4H13O3PSi2. The van der Waals surface area contributed by atoms with Crippen LogP contribution in [0.3, 0.4) is 0 Å². The maximum absolute atomic E-state index is 10.9. The van der Waals surface area contributed by atoms with Crippen LogP contribution in [0.2, 0.25) is 26.2 Å². The zero-order valence-corrected chi connectivity index (χ0v) is 9.72. The lowest BCUT2D eigenvalue weighted by atomic mass is 11.9. The van der Waals surface area contributed by atoms with E-state index in [0.29, 0.717) is 0 Å². The number of rotatable bonds is 0. The van der Waals surface area contributed by atoms with E-state index in [4.69, 9.17) is 8.43 Å². The van der Waals surface area contributed by atoms with Crippen LogP contribution in [0.15, 0.2) is 0 Å². The molecule has 1 fully saturated rings. The molecule has 0 aromatic heterocycles. The van der Waals surface area contributed by atoms with E-state index < -0.39 is 23.9 Å². The molecule has 0 atom stereocenters. The smallest absolute Gasteiger partial charge is 0.299 e. The van der Waals surface area contributed by atoms with Crippen molar-refractivity contribution >= 4 is 23.9 Å². The number of hydrogen-bond acceptors (Lipinski definition) is 3. The van der Waals surface area contributed by atoms with Crippen LogP contribution in [0.5, 0.6) is 0 Å². The molecule has 0 N–H and O–H groups in total. The van der Waals surface area contributed by atoms with Gasteiger partial charge < -0.3 is 8.43 Å². The Bertz CT molecular complexity index is 161. The van der Waals surface area contributed by atoms with Crippen molar-refractivity contribution in [3.8, 4) is 0 Å². The van der Waals surface area contributed by atoms with Crippen LogP contribution in [0.4, 0.5) is 0 Å². The molecular weight excluding hydrogens is 183 g/mol. The average Bonchev–Trinajstić information content (AvgIpc) is 1.73. The van der Waals surface area contributed by atoms with Crippen molar-refractivity contribution in [3.63, 3.8) is 0 Å². The van der Waals surface area contributed by atoms with Gasteiger partial charge in [0.05, 0.1) is 0 Å². The lowest BCUT2D eigenvalue weighted by Crippen LogP contribution is -2.52. The molecule has 0 aliphatic carbocycles. The Labute approximate surface area is 63.7 Å². The predicted molar refractivity (Wildman–Crippen MR) is 46.1 cm³/mol. The van der Waals surface area contributed by atoms with E-state index >= 15 is 0 Å². The summed E-state index contributed by atoms with van der Waals surface area (Å²) in [6.07, 6.45) is 0. The normalized spacial score (nSPS) is 30.8. The van der Waals surface area contributed by atoms with Gasteiger partial charge >= 0.3 is 0 Å². The Morgan fingerprint density at radius 2 is 1.30 bits per heavy atom. The summed E-state index contributed by atoms with van der Waals surface area (Å²) >= 11 is 0. The molecule has 1 saturated heterocycles. The Morgan fingerprint density at radius 1 is 1.00 bits per heavy atom. The Morgan fingerprint density at radius 3 is 1.40 bits per heavy atom. The summed E-state index contributed by atoms with van der Waals surface area (Å²) in [4.78, 5) is 0. The van der Waals surface area contributed by atoms with Crippen molar-refractivity contribution < 1.29 is 13.0 Å². The van der Waals surface area contributed by atoms with Crippen LogP contribution >= 0.6 is 8.25 Å². The van der Waals surface area contributed by atoms with Crippen LogP contribution in [-0.2, 0) is 13.0 Å². The Hall–Kier alpha value is 0.584. The van der Waals surface area contributed by atoms with Crippen molar-refractivity contribution in [2.45, 2.75) is 26.2 Å². The minimum Gasteiger partial charge on any atom is -0.354 e. The largest absolute Gasteiger partial charge is 0.354 e. The summed E-state index contributed by atoms with van der Waals surface area (Å²) in [5.41, 5.74) is 0. The van der Waals surface area contributed by atoms with E-state index in [0.717, 1.165) is 0 Å². The summed E-state index contributed by atoms with van der Waals surface area (Å²) < 4.78 is 21.5. The van der Waals surface area contributed by atoms with Crippen LogP contribution < -0.4 is 0 Å². The quantitative estimate of drug-likeness (QED) is 0.438. The monoisotopic (exact) mass is 196 g/mol. The molecule has 0 aromatic carbocycles. The van der Waals surface area contributed by atoms with E-state index in [1.807, 2.05) is 0 Å². The van der Waals surface area contributed by atoms with Gasteiger partial charge in [-0.1, -0.05) is 0 Å². The highest BCUT2D eigenvalue weighted by atomic mass is 31.1. The first-order valence-electron chi connectivity index (χ1n) is 3.27. The van der Waals surface area contributed by atoms with Gasteiger partial charge in [-0.3, -0.25) is 4.57 Å². The van der Waals surface area contributed by atoms with Gasteiger partial charge in [-0.25, -0.2) is 0 Å². The predicted octanol–water partition coefficient (Wildman–Crippen LogP) is 1.91. The van der Waals surface area contributed by atoms with Crippen molar-refractivity contribution in [3.05, 3.63) is 0 Å². The molecule has 3 nitrogen and oxygen atoms in total. The fraction of sp³-hybridized carbons (Fsp3) is 1.00. The van der Waals surface area contributed by atoms with E-state index in [9.17, 15) is 4.57 Å². The molecule has 0 amide bonds. The topological polar surface area (TPSA) is 35.5 Å². The molecule has 0 bridgehead atoms. The Kier molecular flexibility index (Phi) is 1.98. The van der Waals surface area contributed by atoms with Crippen LogP contribution in [0.25, 0.3) is 0 Å². The van der Waals surface area contributed by atoms with Gasteiger partial charge in [-0.15, -0.1) is 0 Å². The van der Waals surface area contributed by atoms with Crippen LogP contribution in [0, 0.1) is 0 Å². The summed E-state index contributed by atoms with van der Waals surface area (Å²) in [6, 6.07) is 0. The fourth-order valence-corrected chi connectivity index (χ4v) is 12.4. The standard InChI is InChI=1S/C4H13O3PSi2/c1-9(2)6-8(5)7-10(9,3)4/h8H,1-4H3. The first kappa shape index (κ1) is 8.68. The van der Waals surface area contributed by atoms with Crippen LogP contribution in [0.1, 0.15) is 0 Å². The minimum atomic E-state index is -2.10. The second kappa shape index (κ2) is 2.28. The first-order chi connectivity index (χ1) is 4.35. The third-order valence-corrected chi connectivity index (χ3v) is 21.0. The molecule has 1 aliphatic heterocycles. The molecule has 0 spiro atoms. The molecule has 0 unspecified atom stereocenters. The number of hydrogen-bond donors (Lipinski definition) is 0. The SMILES string of the molecule is C[Si]1(C)O[PH](=O)O[Si]1(C)C. The Balaban J connectivity index is 2.88. The van der Waals surface area contributed by atoms with E-state index in [2.05, 4.69) is 26.2 Å². The van der Waals surface area contributed by atoms with E-state index in [1.165, 1.54) is 0 Å². The van der Waals surface area contributed by atoms with Crippen molar-refractivity contribution in [2.75, 3.05) is 0 Å². The molecule has 6 heteroatoms. The van der Waals surface area contributed by atoms with Crippen LogP contribution in [-0.4, -0.2) is 15.7 Å². The zero-order chi connectivity index (χ0) is 7.99. The highest BCUT2D eigenvalue weighted by molar-refractivity contribution is 7.54. The molecule has 60 valence electrons. The van der Waals surface area contributed by atoms with Gasteiger partial charge in [0.2, 0.25) is 15.7 Å². The van der Waals surface area contributed by atoms with Gasteiger partial charge in [0.15, 0.2) is 0 Å². The third-order valence-electron chi connectivity index (χ3n) is 2.13. The molecule has 10 heavy (non-hydrogen) atoms. The molecule has 0 aromatic rings. The molecule has 0 saturated carbocycles. The van der Waals surface area contributed by atoms with Gasteiger partial charge in [-0.2, -0.15) is 0 Å². The fourth-order valence-electron chi connectivity index (χ4n) is 0.683. The lowest BCUT2D eigenvalue weighted by molar-refractivity contribution is 0.448. The molecule has 1 heterocycles. The van der Waals surface area contributed by atoms with Crippen molar-refractivity contribution in [1.82, 2.24) is 0 Å². The second-order valence-corrected chi connectivity index (χ2v) is 18.9. The highest BCUT2D eigenvalue weighted by Crippen LogP contribution is 2.45.